The van der Waals surface area contributed by atoms with E-state index in [-0.39, 0.29) is 12.0 Å². The van der Waals surface area contributed by atoms with Crippen LogP contribution in [0.5, 0.6) is 0 Å². The highest BCUT2D eigenvalue weighted by atomic mass is 16.4. The van der Waals surface area contributed by atoms with E-state index in [1.54, 1.807) is 0 Å². The Morgan fingerprint density at radius 1 is 1.53 bits per heavy atom. The number of aliphatic carboxylic acids is 1. The van der Waals surface area contributed by atoms with E-state index in [0.29, 0.717) is 18.1 Å². The quantitative estimate of drug-likeness (QED) is 0.802. The molecule has 1 aliphatic rings. The van der Waals surface area contributed by atoms with Crippen molar-refractivity contribution >= 4 is 17.6 Å². The highest BCUT2D eigenvalue weighted by Gasteiger charge is 2.43. The number of carbonyl (C=O) groups is 1. The summed E-state index contributed by atoms with van der Waals surface area (Å²) in [5, 5.41) is 11.9. The van der Waals surface area contributed by atoms with Crippen molar-refractivity contribution in [2.45, 2.75) is 19.4 Å². The van der Waals surface area contributed by atoms with Crippen LogP contribution in [0, 0.1) is 12.8 Å². The molecule has 1 fully saturated rings. The van der Waals surface area contributed by atoms with Gasteiger partial charge in [-0.05, 0) is 13.3 Å². The Labute approximate surface area is 99.7 Å². The van der Waals surface area contributed by atoms with Crippen molar-refractivity contribution in [1.82, 2.24) is 9.97 Å². The lowest BCUT2D eigenvalue weighted by atomic mass is 10.4. The first-order chi connectivity index (χ1) is 7.97. The number of aromatic nitrogens is 2. The number of carboxylic acid groups (broad SMARTS) is 1. The Morgan fingerprint density at radius 3 is 2.76 bits per heavy atom. The molecule has 0 aromatic carbocycles. The first kappa shape index (κ1) is 11.6. The molecule has 1 heterocycles. The maximum atomic E-state index is 10.7. The molecule has 1 aliphatic carbocycles. The predicted molar refractivity (Wildman–Crippen MR) is 64.2 cm³/mol. The molecule has 0 saturated heterocycles. The molecule has 2 atom stereocenters. The van der Waals surface area contributed by atoms with Crippen molar-refractivity contribution in [3.63, 3.8) is 0 Å². The van der Waals surface area contributed by atoms with E-state index < -0.39 is 5.97 Å². The van der Waals surface area contributed by atoms with Gasteiger partial charge in [-0.15, -0.1) is 0 Å². The number of aryl methyl sites for hydroxylation is 1. The monoisotopic (exact) mass is 236 g/mol. The molecular weight excluding hydrogens is 220 g/mol. The lowest BCUT2D eigenvalue weighted by Gasteiger charge is -2.13. The van der Waals surface area contributed by atoms with Crippen molar-refractivity contribution in [2.24, 2.45) is 5.92 Å². The fourth-order valence-corrected chi connectivity index (χ4v) is 1.67. The van der Waals surface area contributed by atoms with Crippen LogP contribution >= 0.6 is 0 Å². The summed E-state index contributed by atoms with van der Waals surface area (Å²) in [5.41, 5.74) is 0. The second-order valence-corrected chi connectivity index (χ2v) is 4.48. The second kappa shape index (κ2) is 4.20. The van der Waals surface area contributed by atoms with Gasteiger partial charge in [0.25, 0.3) is 0 Å². The van der Waals surface area contributed by atoms with Crippen LogP contribution in [0.25, 0.3) is 0 Å². The SMILES string of the molecule is Cc1nc(NC2CC2C(=O)O)cc(N(C)C)n1. The fourth-order valence-electron chi connectivity index (χ4n) is 1.67. The van der Waals surface area contributed by atoms with Crippen LogP contribution in [0.4, 0.5) is 11.6 Å². The molecule has 0 amide bonds. The van der Waals surface area contributed by atoms with Gasteiger partial charge in [0.15, 0.2) is 0 Å². The van der Waals surface area contributed by atoms with E-state index in [4.69, 9.17) is 5.11 Å². The zero-order chi connectivity index (χ0) is 12.6. The molecule has 0 radical (unpaired) electrons. The van der Waals surface area contributed by atoms with Crippen molar-refractivity contribution < 1.29 is 9.90 Å². The summed E-state index contributed by atoms with van der Waals surface area (Å²) in [7, 11) is 3.81. The average Bonchev–Trinajstić information content (AvgIpc) is 2.96. The van der Waals surface area contributed by atoms with Crippen LogP contribution in [0.2, 0.25) is 0 Å². The van der Waals surface area contributed by atoms with Crippen molar-refractivity contribution in [3.05, 3.63) is 11.9 Å². The molecule has 1 aromatic heterocycles. The average molecular weight is 236 g/mol. The summed E-state index contributed by atoms with van der Waals surface area (Å²) in [5.74, 6) is 1.14. The smallest absolute Gasteiger partial charge is 0.308 e. The molecule has 0 aliphatic heterocycles. The zero-order valence-corrected chi connectivity index (χ0v) is 10.1. The van der Waals surface area contributed by atoms with Gasteiger partial charge in [-0.3, -0.25) is 4.79 Å². The molecule has 2 N–H and O–H groups in total. The Kier molecular flexibility index (Phi) is 2.87. The molecule has 17 heavy (non-hydrogen) atoms. The molecule has 1 aromatic rings. The van der Waals surface area contributed by atoms with Gasteiger partial charge in [-0.1, -0.05) is 0 Å². The second-order valence-electron chi connectivity index (χ2n) is 4.48. The van der Waals surface area contributed by atoms with Crippen LogP contribution in [-0.2, 0) is 4.79 Å². The summed E-state index contributed by atoms with van der Waals surface area (Å²) in [4.78, 5) is 21.1. The van der Waals surface area contributed by atoms with E-state index >= 15 is 0 Å². The molecule has 1 saturated carbocycles. The van der Waals surface area contributed by atoms with Gasteiger partial charge in [0.2, 0.25) is 0 Å². The Bertz CT molecular complexity index is 447. The number of carboxylic acids is 1. The minimum absolute atomic E-state index is 0.00295. The molecule has 6 heteroatoms. The number of rotatable bonds is 4. The van der Waals surface area contributed by atoms with E-state index in [2.05, 4.69) is 15.3 Å². The molecule has 6 nitrogen and oxygen atoms in total. The van der Waals surface area contributed by atoms with Gasteiger partial charge < -0.3 is 15.3 Å². The highest BCUT2D eigenvalue weighted by Crippen LogP contribution is 2.33. The number of hydrogen-bond donors (Lipinski definition) is 2. The minimum atomic E-state index is -0.749. The van der Waals surface area contributed by atoms with E-state index in [0.717, 1.165) is 5.82 Å². The Hall–Kier alpha value is -1.85. The van der Waals surface area contributed by atoms with E-state index in [1.807, 2.05) is 32.0 Å². The minimum Gasteiger partial charge on any atom is -0.481 e. The highest BCUT2D eigenvalue weighted by molar-refractivity contribution is 5.75. The summed E-state index contributed by atoms with van der Waals surface area (Å²) in [6.07, 6.45) is 0.662. The van der Waals surface area contributed by atoms with E-state index in [9.17, 15) is 4.79 Å². The molecule has 2 rings (SSSR count). The third-order valence-electron chi connectivity index (χ3n) is 2.72. The van der Waals surface area contributed by atoms with Crippen LogP contribution < -0.4 is 10.2 Å². The first-order valence-corrected chi connectivity index (χ1v) is 5.49. The third-order valence-corrected chi connectivity index (χ3v) is 2.72. The normalized spacial score (nSPS) is 22.1. The van der Waals surface area contributed by atoms with Crippen molar-refractivity contribution in [2.75, 3.05) is 24.3 Å². The summed E-state index contributed by atoms with van der Waals surface area (Å²) in [6, 6.07) is 1.82. The van der Waals surface area contributed by atoms with Gasteiger partial charge in [0.1, 0.15) is 17.5 Å². The molecule has 92 valence electrons. The van der Waals surface area contributed by atoms with Gasteiger partial charge in [0, 0.05) is 26.2 Å². The standard InChI is InChI=1S/C11H16N4O2/c1-6-12-9(5-10(13-6)15(2)3)14-8-4-7(8)11(16)17/h5,7-8H,4H2,1-3H3,(H,16,17)(H,12,13,14). The number of nitrogens with one attached hydrogen (secondary N) is 1. The maximum Gasteiger partial charge on any atom is 0.308 e. The fraction of sp³-hybridized carbons (Fsp3) is 0.545. The summed E-state index contributed by atoms with van der Waals surface area (Å²) < 4.78 is 0. The predicted octanol–water partition coefficient (Wildman–Crippen LogP) is 0.736. The van der Waals surface area contributed by atoms with Gasteiger partial charge >= 0.3 is 5.97 Å². The zero-order valence-electron chi connectivity index (χ0n) is 10.1. The summed E-state index contributed by atoms with van der Waals surface area (Å²) >= 11 is 0. The Balaban J connectivity index is 2.09. The van der Waals surface area contributed by atoms with Gasteiger partial charge in [-0.2, -0.15) is 0 Å². The molecule has 0 bridgehead atoms. The molecule has 0 spiro atoms. The van der Waals surface area contributed by atoms with Crippen LogP contribution in [0.3, 0.4) is 0 Å². The van der Waals surface area contributed by atoms with Crippen LogP contribution in [-0.4, -0.2) is 41.2 Å². The number of nitrogens with zero attached hydrogens (tertiary/aromatic N) is 3. The topological polar surface area (TPSA) is 78.3 Å². The lowest BCUT2D eigenvalue weighted by molar-refractivity contribution is -0.138. The maximum absolute atomic E-state index is 10.7. The number of hydrogen-bond acceptors (Lipinski definition) is 5. The first-order valence-electron chi connectivity index (χ1n) is 5.49. The van der Waals surface area contributed by atoms with Gasteiger partial charge in [-0.25, -0.2) is 9.97 Å². The molecular formula is C11H16N4O2. The van der Waals surface area contributed by atoms with Crippen LogP contribution in [0.1, 0.15) is 12.2 Å². The summed E-state index contributed by atoms with van der Waals surface area (Å²) in [6.45, 7) is 1.82. The van der Waals surface area contributed by atoms with Crippen molar-refractivity contribution in [1.29, 1.82) is 0 Å². The van der Waals surface area contributed by atoms with Gasteiger partial charge in [0.05, 0.1) is 5.92 Å². The van der Waals surface area contributed by atoms with Crippen molar-refractivity contribution in [3.8, 4) is 0 Å². The lowest BCUT2D eigenvalue weighted by Crippen LogP contribution is -2.15. The largest absolute Gasteiger partial charge is 0.481 e. The van der Waals surface area contributed by atoms with Crippen LogP contribution in [0.15, 0.2) is 6.07 Å². The van der Waals surface area contributed by atoms with E-state index in [1.165, 1.54) is 0 Å². The third kappa shape index (κ3) is 2.64. The number of anilines is 2. The Morgan fingerprint density at radius 2 is 2.24 bits per heavy atom. The molecule has 2 unspecified atom stereocenters.